The van der Waals surface area contributed by atoms with Crippen molar-refractivity contribution in [1.82, 2.24) is 0 Å². The molecule has 0 aliphatic carbocycles. The smallest absolute Gasteiger partial charge is 0.320 e. The highest BCUT2D eigenvalue weighted by Crippen LogP contribution is 2.44. The van der Waals surface area contributed by atoms with Crippen molar-refractivity contribution in [3.05, 3.63) is 29.1 Å². The van der Waals surface area contributed by atoms with E-state index < -0.39 is 78.1 Å². The van der Waals surface area contributed by atoms with E-state index in [0.29, 0.717) is 0 Å². The van der Waals surface area contributed by atoms with Gasteiger partial charge in [0.25, 0.3) is 0 Å². The second kappa shape index (κ2) is 7.09. The predicted octanol–water partition coefficient (Wildman–Crippen LogP) is 2.23. The molecular formula is C13H12F5O6P. The average Bonchev–Trinajstić information content (AvgIpc) is 2.50. The van der Waals surface area contributed by atoms with Crippen LogP contribution in [0.3, 0.4) is 0 Å². The van der Waals surface area contributed by atoms with Crippen LogP contribution in [-0.2, 0) is 14.2 Å². The topological polar surface area (TPSA) is 112 Å². The fourth-order valence-electron chi connectivity index (χ4n) is 1.96. The highest BCUT2D eigenvalue weighted by Gasteiger charge is 2.42. The maximum Gasteiger partial charge on any atom is 0.320 e. The van der Waals surface area contributed by atoms with Gasteiger partial charge < -0.3 is 15.1 Å². The van der Waals surface area contributed by atoms with Crippen LogP contribution in [0.5, 0.6) is 0 Å². The molecule has 0 saturated heterocycles. The third-order valence-electron chi connectivity index (χ3n) is 3.62. The van der Waals surface area contributed by atoms with Crippen LogP contribution in [0.2, 0.25) is 0 Å². The lowest BCUT2D eigenvalue weighted by Gasteiger charge is -2.20. The van der Waals surface area contributed by atoms with E-state index in [4.69, 9.17) is 10.2 Å². The molecule has 0 aromatic heterocycles. The Morgan fingerprint density at radius 1 is 0.920 bits per heavy atom. The van der Waals surface area contributed by atoms with Crippen molar-refractivity contribution >= 4 is 24.6 Å². The molecule has 1 rings (SSSR count). The number of hydrogen-bond donors (Lipinski definition) is 3. The number of carboxylic acids is 2. The normalized spacial score (nSPS) is 14.2. The zero-order chi connectivity index (χ0) is 19.7. The first-order chi connectivity index (χ1) is 11.3. The zero-order valence-corrected chi connectivity index (χ0v) is 13.4. The number of carbonyl (C=O) groups is 2. The Bertz CT molecular complexity index is 738. The Kier molecular flexibility index (Phi) is 5.97. The summed E-state index contributed by atoms with van der Waals surface area (Å²) in [6.07, 6.45) is -2.43. The van der Waals surface area contributed by atoms with Gasteiger partial charge >= 0.3 is 11.9 Å². The van der Waals surface area contributed by atoms with Gasteiger partial charge in [-0.15, -0.1) is 0 Å². The van der Waals surface area contributed by atoms with Gasteiger partial charge in [-0.2, -0.15) is 0 Å². The standard InChI is InChI=1S/C13H12F5O6P/c1-13(11(19)20,12(21)22)3-2-4-25(23,24)10-8(17)6(15)5(14)7(16)9(10)18/h2-4H2,1H3,(H,19,20)(H,21,22)(H,23,24). The summed E-state index contributed by atoms with van der Waals surface area (Å²) in [6, 6.07) is 0. The molecule has 0 bridgehead atoms. The molecule has 0 aliphatic heterocycles. The van der Waals surface area contributed by atoms with E-state index in [0.717, 1.165) is 6.92 Å². The van der Waals surface area contributed by atoms with Crippen LogP contribution in [-0.4, -0.2) is 33.2 Å². The Morgan fingerprint density at radius 3 is 1.64 bits per heavy atom. The third-order valence-corrected chi connectivity index (χ3v) is 5.63. The molecule has 25 heavy (non-hydrogen) atoms. The number of aliphatic carboxylic acids is 2. The second-order valence-corrected chi connectivity index (χ2v) is 7.69. The summed E-state index contributed by atoms with van der Waals surface area (Å²) >= 11 is 0. The number of rotatable bonds is 7. The Balaban J connectivity index is 3.15. The van der Waals surface area contributed by atoms with Crippen molar-refractivity contribution in [2.24, 2.45) is 5.41 Å². The molecule has 6 nitrogen and oxygen atoms in total. The average molecular weight is 390 g/mol. The Hall–Kier alpha value is -2.00. The third kappa shape index (κ3) is 3.82. The van der Waals surface area contributed by atoms with Gasteiger partial charge in [0.2, 0.25) is 13.2 Å². The fraction of sp³-hybridized carbons (Fsp3) is 0.385. The lowest BCUT2D eigenvalue weighted by Crippen LogP contribution is -2.36. The summed E-state index contributed by atoms with van der Waals surface area (Å²) in [4.78, 5) is 31.6. The molecular weight excluding hydrogens is 378 g/mol. The summed E-state index contributed by atoms with van der Waals surface area (Å²) in [5, 5.41) is 15.8. The van der Waals surface area contributed by atoms with Gasteiger partial charge in [-0.25, -0.2) is 22.0 Å². The molecule has 0 fully saturated rings. The van der Waals surface area contributed by atoms with Crippen LogP contribution < -0.4 is 5.30 Å². The second-order valence-electron chi connectivity index (χ2n) is 5.39. The SMILES string of the molecule is CC(CCCP(=O)(O)c1c(F)c(F)c(F)c(F)c1F)(C(=O)O)C(=O)O. The van der Waals surface area contributed by atoms with Crippen molar-refractivity contribution in [1.29, 1.82) is 0 Å². The lowest BCUT2D eigenvalue weighted by atomic mass is 9.86. The van der Waals surface area contributed by atoms with E-state index in [9.17, 15) is 41.0 Å². The first-order valence-corrected chi connectivity index (χ1v) is 8.42. The van der Waals surface area contributed by atoms with Crippen molar-refractivity contribution in [2.45, 2.75) is 19.8 Å². The van der Waals surface area contributed by atoms with Gasteiger partial charge in [0.1, 0.15) is 5.30 Å². The lowest BCUT2D eigenvalue weighted by molar-refractivity contribution is -0.163. The van der Waals surface area contributed by atoms with Crippen LogP contribution in [0, 0.1) is 34.5 Å². The number of halogens is 5. The zero-order valence-electron chi connectivity index (χ0n) is 12.5. The van der Waals surface area contributed by atoms with Crippen LogP contribution in [0.4, 0.5) is 22.0 Å². The van der Waals surface area contributed by atoms with Crippen LogP contribution >= 0.6 is 7.37 Å². The van der Waals surface area contributed by atoms with E-state index in [1.165, 1.54) is 0 Å². The molecule has 0 spiro atoms. The molecule has 0 amide bonds. The molecule has 140 valence electrons. The summed E-state index contributed by atoms with van der Waals surface area (Å²) in [5.41, 5.74) is -2.35. The van der Waals surface area contributed by atoms with Crippen LogP contribution in [0.15, 0.2) is 0 Å². The molecule has 12 heteroatoms. The highest BCUT2D eigenvalue weighted by molar-refractivity contribution is 7.66. The number of carboxylic acid groups (broad SMARTS) is 2. The molecule has 1 aromatic carbocycles. The Labute approximate surface area is 137 Å². The summed E-state index contributed by atoms with van der Waals surface area (Å²) in [6.45, 7) is 0.804. The van der Waals surface area contributed by atoms with Gasteiger partial charge in [0.05, 0.1) is 0 Å². The van der Waals surface area contributed by atoms with E-state index in [1.807, 2.05) is 0 Å². The maximum absolute atomic E-state index is 13.6. The van der Waals surface area contributed by atoms with Crippen molar-refractivity contribution in [2.75, 3.05) is 6.16 Å². The van der Waals surface area contributed by atoms with Crippen LogP contribution in [0.25, 0.3) is 0 Å². The first-order valence-electron chi connectivity index (χ1n) is 6.58. The van der Waals surface area contributed by atoms with Gasteiger partial charge in [-0.3, -0.25) is 14.2 Å². The predicted molar refractivity (Wildman–Crippen MR) is 73.2 cm³/mol. The molecule has 1 aromatic rings. The van der Waals surface area contributed by atoms with E-state index in [-0.39, 0.29) is 0 Å². The maximum atomic E-state index is 13.6. The van der Waals surface area contributed by atoms with E-state index in [2.05, 4.69) is 0 Å². The minimum absolute atomic E-state index is 0.637. The molecule has 0 aliphatic rings. The fourth-order valence-corrected chi connectivity index (χ4v) is 3.58. The molecule has 0 radical (unpaired) electrons. The van der Waals surface area contributed by atoms with Crippen molar-refractivity contribution in [3.63, 3.8) is 0 Å². The molecule has 0 saturated carbocycles. The minimum atomic E-state index is -5.12. The molecule has 3 N–H and O–H groups in total. The van der Waals surface area contributed by atoms with E-state index in [1.54, 1.807) is 0 Å². The van der Waals surface area contributed by atoms with E-state index >= 15 is 0 Å². The summed E-state index contributed by atoms with van der Waals surface area (Å²) < 4.78 is 78.3. The molecule has 1 unspecified atom stereocenters. The van der Waals surface area contributed by atoms with Gasteiger partial charge in [-0.05, 0) is 19.8 Å². The van der Waals surface area contributed by atoms with Gasteiger partial charge in [0.15, 0.2) is 28.7 Å². The van der Waals surface area contributed by atoms with Gasteiger partial charge in [0, 0.05) is 6.16 Å². The quantitative estimate of drug-likeness (QED) is 0.216. The van der Waals surface area contributed by atoms with Crippen LogP contribution in [0.1, 0.15) is 19.8 Å². The summed E-state index contributed by atoms with van der Waals surface area (Å²) in [7, 11) is -5.12. The highest BCUT2D eigenvalue weighted by atomic mass is 31.2. The molecule has 1 atom stereocenters. The molecule has 0 heterocycles. The van der Waals surface area contributed by atoms with Crippen molar-refractivity contribution < 1.29 is 51.2 Å². The minimum Gasteiger partial charge on any atom is -0.480 e. The first kappa shape index (κ1) is 21.0. The Morgan fingerprint density at radius 2 is 1.28 bits per heavy atom. The van der Waals surface area contributed by atoms with Gasteiger partial charge in [-0.1, -0.05) is 0 Å². The monoisotopic (exact) mass is 390 g/mol. The number of benzene rings is 1. The van der Waals surface area contributed by atoms with Crippen molar-refractivity contribution in [3.8, 4) is 0 Å². The number of hydrogen-bond acceptors (Lipinski definition) is 3. The summed E-state index contributed by atoms with van der Waals surface area (Å²) in [5.74, 6) is -15.8. The largest absolute Gasteiger partial charge is 0.480 e.